The van der Waals surface area contributed by atoms with Gasteiger partial charge in [-0.2, -0.15) is 9.61 Å². The second-order valence-electron chi connectivity index (χ2n) is 5.70. The summed E-state index contributed by atoms with van der Waals surface area (Å²) < 4.78 is 1.53. The number of benzene rings is 3. The van der Waals surface area contributed by atoms with Crippen LogP contribution in [0, 0.1) is 0 Å². The molecule has 2 heterocycles. The fraction of sp³-hybridized carbons (Fsp3) is 0. The fourth-order valence-electron chi connectivity index (χ4n) is 3.35. The summed E-state index contributed by atoms with van der Waals surface area (Å²) in [6, 6.07) is 23.8. The zero-order chi connectivity index (χ0) is 15.4. The molecule has 5 rings (SSSR count). The molecule has 0 bridgehead atoms. The average Bonchev–Trinajstić information content (AvgIpc) is 2.94. The predicted molar refractivity (Wildman–Crippen MR) is 94.0 cm³/mol. The largest absolute Gasteiger partial charge is 0.271 e. The first-order chi connectivity index (χ1) is 11.3. The molecule has 23 heavy (non-hydrogen) atoms. The SMILES string of the molecule is O=c1ccc2ccccc2c2c3c(ccc4ccccc43)nn12. The number of aromatic nitrogens is 2. The first-order valence-corrected chi connectivity index (χ1v) is 7.55. The van der Waals surface area contributed by atoms with Crippen LogP contribution in [-0.4, -0.2) is 9.61 Å². The van der Waals surface area contributed by atoms with Gasteiger partial charge < -0.3 is 0 Å². The smallest absolute Gasteiger partial charge is 0.267 e. The molecule has 3 nitrogen and oxygen atoms in total. The lowest BCUT2D eigenvalue weighted by molar-refractivity contribution is 0.947. The summed E-state index contributed by atoms with van der Waals surface area (Å²) in [4.78, 5) is 12.5. The average molecular weight is 296 g/mol. The highest BCUT2D eigenvalue weighted by molar-refractivity contribution is 6.19. The maximum Gasteiger partial charge on any atom is 0.271 e. The fourth-order valence-corrected chi connectivity index (χ4v) is 3.35. The van der Waals surface area contributed by atoms with E-state index < -0.39 is 0 Å². The molecular formula is C20H12N2O. The van der Waals surface area contributed by atoms with Crippen molar-refractivity contribution in [2.24, 2.45) is 0 Å². The third-order valence-corrected chi connectivity index (χ3v) is 4.39. The molecule has 3 aromatic carbocycles. The molecule has 0 fully saturated rings. The van der Waals surface area contributed by atoms with Gasteiger partial charge >= 0.3 is 0 Å². The van der Waals surface area contributed by atoms with Crippen LogP contribution in [0.25, 0.3) is 38.0 Å². The van der Waals surface area contributed by atoms with E-state index in [0.29, 0.717) is 0 Å². The summed E-state index contributed by atoms with van der Waals surface area (Å²) >= 11 is 0. The van der Waals surface area contributed by atoms with Crippen LogP contribution in [0.2, 0.25) is 0 Å². The number of nitrogens with zero attached hydrogens (tertiary/aromatic N) is 2. The van der Waals surface area contributed by atoms with Crippen LogP contribution in [0.3, 0.4) is 0 Å². The lowest BCUT2D eigenvalue weighted by Gasteiger charge is -2.00. The van der Waals surface area contributed by atoms with Crippen molar-refractivity contribution in [2.45, 2.75) is 0 Å². The Hall–Kier alpha value is -3.20. The third-order valence-electron chi connectivity index (χ3n) is 4.39. The minimum atomic E-state index is -0.114. The molecule has 0 N–H and O–H groups in total. The molecule has 0 aliphatic carbocycles. The summed E-state index contributed by atoms with van der Waals surface area (Å²) in [6.45, 7) is 0. The molecule has 0 unspecified atom stereocenters. The lowest BCUT2D eigenvalue weighted by Crippen LogP contribution is -2.08. The summed E-state index contributed by atoms with van der Waals surface area (Å²) in [5, 5.41) is 9.94. The third kappa shape index (κ3) is 1.64. The summed E-state index contributed by atoms with van der Waals surface area (Å²) in [7, 11) is 0. The number of hydrogen-bond donors (Lipinski definition) is 0. The van der Waals surface area contributed by atoms with E-state index in [4.69, 9.17) is 0 Å². The molecule has 3 heteroatoms. The number of fused-ring (bicyclic) bond motifs is 7. The Morgan fingerprint density at radius 2 is 1.35 bits per heavy atom. The zero-order valence-electron chi connectivity index (χ0n) is 12.2. The van der Waals surface area contributed by atoms with Crippen LogP contribution in [0.5, 0.6) is 0 Å². The van der Waals surface area contributed by atoms with Gasteiger partial charge in [0.1, 0.15) is 0 Å². The van der Waals surface area contributed by atoms with Crippen molar-refractivity contribution >= 4 is 38.0 Å². The normalized spacial score (nSPS) is 11.7. The molecule has 0 saturated heterocycles. The van der Waals surface area contributed by atoms with Crippen molar-refractivity contribution in [3.05, 3.63) is 83.2 Å². The van der Waals surface area contributed by atoms with E-state index >= 15 is 0 Å². The second-order valence-corrected chi connectivity index (χ2v) is 5.70. The van der Waals surface area contributed by atoms with E-state index in [0.717, 1.165) is 38.0 Å². The summed E-state index contributed by atoms with van der Waals surface area (Å²) in [6.07, 6.45) is 0. The predicted octanol–water partition coefficient (Wildman–Crippen LogP) is 4.15. The van der Waals surface area contributed by atoms with Crippen molar-refractivity contribution in [3.8, 4) is 0 Å². The minimum Gasteiger partial charge on any atom is -0.267 e. The number of hydrogen-bond acceptors (Lipinski definition) is 2. The molecule has 2 aromatic heterocycles. The lowest BCUT2D eigenvalue weighted by atomic mass is 10.0. The molecule has 0 amide bonds. The van der Waals surface area contributed by atoms with E-state index in [1.165, 1.54) is 4.52 Å². The molecule has 0 aliphatic rings. The van der Waals surface area contributed by atoms with Crippen molar-refractivity contribution in [1.82, 2.24) is 9.61 Å². The van der Waals surface area contributed by atoms with Crippen molar-refractivity contribution in [2.75, 3.05) is 0 Å². The summed E-state index contributed by atoms with van der Waals surface area (Å²) in [5.74, 6) is 0. The summed E-state index contributed by atoms with van der Waals surface area (Å²) in [5.41, 5.74) is 1.61. The van der Waals surface area contributed by atoms with Crippen LogP contribution in [0.15, 0.2) is 77.6 Å². The van der Waals surface area contributed by atoms with E-state index in [2.05, 4.69) is 23.3 Å². The zero-order valence-corrected chi connectivity index (χ0v) is 12.2. The van der Waals surface area contributed by atoms with Crippen LogP contribution in [0.1, 0.15) is 0 Å². The van der Waals surface area contributed by atoms with E-state index in [-0.39, 0.29) is 5.56 Å². The van der Waals surface area contributed by atoms with Gasteiger partial charge in [-0.05, 0) is 28.3 Å². The standard InChI is InChI=1S/C20H12N2O/c23-18-12-10-14-6-2-4-8-16(14)20-19-15-7-3-1-5-13(15)9-11-17(19)21-22(18)20/h1-12H. The molecule has 0 saturated carbocycles. The van der Waals surface area contributed by atoms with Crippen molar-refractivity contribution < 1.29 is 0 Å². The maximum atomic E-state index is 12.5. The molecule has 0 radical (unpaired) electrons. The Morgan fingerprint density at radius 3 is 2.17 bits per heavy atom. The number of rotatable bonds is 0. The van der Waals surface area contributed by atoms with Crippen LogP contribution >= 0.6 is 0 Å². The molecule has 0 spiro atoms. The van der Waals surface area contributed by atoms with Crippen molar-refractivity contribution in [1.29, 1.82) is 0 Å². The Balaban J connectivity index is 2.24. The Morgan fingerprint density at radius 1 is 0.696 bits per heavy atom. The van der Waals surface area contributed by atoms with Gasteiger partial charge in [0.05, 0.1) is 11.0 Å². The Labute approximate surface area is 131 Å². The van der Waals surface area contributed by atoms with Gasteiger partial charge in [0.15, 0.2) is 0 Å². The Bertz CT molecular complexity index is 1290. The van der Waals surface area contributed by atoms with Gasteiger partial charge in [-0.15, -0.1) is 0 Å². The van der Waals surface area contributed by atoms with E-state index in [1.807, 2.05) is 48.5 Å². The molecule has 0 aliphatic heterocycles. The first-order valence-electron chi connectivity index (χ1n) is 7.55. The van der Waals surface area contributed by atoms with Crippen LogP contribution < -0.4 is 5.56 Å². The van der Waals surface area contributed by atoms with E-state index in [9.17, 15) is 4.79 Å². The van der Waals surface area contributed by atoms with Gasteiger partial charge in [-0.1, -0.05) is 54.6 Å². The van der Waals surface area contributed by atoms with Gasteiger partial charge in [-0.3, -0.25) is 4.79 Å². The topological polar surface area (TPSA) is 34.4 Å². The van der Waals surface area contributed by atoms with Gasteiger partial charge in [0.25, 0.3) is 5.56 Å². The molecule has 5 aromatic rings. The quantitative estimate of drug-likeness (QED) is 0.430. The highest BCUT2D eigenvalue weighted by atomic mass is 16.1. The van der Waals surface area contributed by atoms with Gasteiger partial charge in [0.2, 0.25) is 0 Å². The Kier molecular flexibility index (Phi) is 2.36. The maximum absolute atomic E-state index is 12.5. The highest BCUT2D eigenvalue weighted by Crippen LogP contribution is 2.31. The first kappa shape index (κ1) is 12.4. The van der Waals surface area contributed by atoms with Crippen LogP contribution in [0.4, 0.5) is 0 Å². The van der Waals surface area contributed by atoms with Gasteiger partial charge in [0, 0.05) is 16.8 Å². The van der Waals surface area contributed by atoms with Crippen LogP contribution in [-0.2, 0) is 0 Å². The van der Waals surface area contributed by atoms with Crippen molar-refractivity contribution in [3.63, 3.8) is 0 Å². The minimum absolute atomic E-state index is 0.114. The van der Waals surface area contributed by atoms with Gasteiger partial charge in [-0.25, -0.2) is 0 Å². The molecule has 0 atom stereocenters. The monoisotopic (exact) mass is 296 g/mol. The van der Waals surface area contributed by atoms with E-state index in [1.54, 1.807) is 6.07 Å². The highest BCUT2D eigenvalue weighted by Gasteiger charge is 2.12. The molecular weight excluding hydrogens is 284 g/mol. The molecule has 108 valence electrons. The second kappa shape index (κ2) is 4.40.